The molecule has 4 rings (SSSR count). The van der Waals surface area contributed by atoms with Gasteiger partial charge in [-0.1, -0.05) is 29.8 Å². The molecule has 7 nitrogen and oxygen atoms in total. The van der Waals surface area contributed by atoms with Gasteiger partial charge in [0.15, 0.2) is 16.4 Å². The average Bonchev–Trinajstić information content (AvgIpc) is 3.34. The molecular formula is C20H24BrN3O4S. The first kappa shape index (κ1) is 21.8. The number of amides is 2. The highest BCUT2D eigenvalue weighted by molar-refractivity contribution is 9.10. The second-order valence-electron chi connectivity index (χ2n) is 7.17. The third-order valence-corrected chi connectivity index (χ3v) is 7.60. The first-order valence-electron chi connectivity index (χ1n) is 9.51. The Balaban J connectivity index is 0.00000117. The molecule has 3 heterocycles. The van der Waals surface area contributed by atoms with Crippen LogP contribution in [0.4, 0.5) is 0 Å². The number of hydrogen-bond acceptors (Lipinski definition) is 6. The molecule has 0 radical (unpaired) electrons. The number of rotatable bonds is 2. The molecule has 1 N–H and O–H groups in total. The van der Waals surface area contributed by atoms with Gasteiger partial charge in [-0.05, 0) is 31.5 Å². The predicted molar refractivity (Wildman–Crippen MR) is 113 cm³/mol. The summed E-state index contributed by atoms with van der Waals surface area (Å²) in [7, 11) is 1.55. The smallest absolute Gasteiger partial charge is 0.256 e. The van der Waals surface area contributed by atoms with E-state index in [1.54, 1.807) is 37.9 Å². The summed E-state index contributed by atoms with van der Waals surface area (Å²) >= 11 is 4.87. The Labute approximate surface area is 183 Å². The lowest BCUT2D eigenvalue weighted by molar-refractivity contribution is -0.139. The number of benzene rings is 1. The van der Waals surface area contributed by atoms with Crippen molar-refractivity contribution in [3.63, 3.8) is 0 Å². The Morgan fingerprint density at radius 3 is 2.59 bits per heavy atom. The molecular weight excluding hydrogens is 458 g/mol. The number of carbonyl (C=O) groups excluding carboxylic acids is 2. The quantitative estimate of drug-likeness (QED) is 0.693. The Kier molecular flexibility index (Phi) is 5.80. The van der Waals surface area contributed by atoms with Gasteiger partial charge in [0.1, 0.15) is 0 Å². The number of fused-ring (bicyclic) bond motifs is 2. The van der Waals surface area contributed by atoms with Crippen LogP contribution < -0.4 is 14.8 Å². The summed E-state index contributed by atoms with van der Waals surface area (Å²) in [5.74, 6) is 0.775. The molecule has 4 atom stereocenters. The van der Waals surface area contributed by atoms with Crippen molar-refractivity contribution in [1.29, 1.82) is 5.26 Å². The van der Waals surface area contributed by atoms with E-state index in [9.17, 15) is 14.9 Å². The summed E-state index contributed by atoms with van der Waals surface area (Å²) in [6.45, 7) is 7.73. The van der Waals surface area contributed by atoms with E-state index < -0.39 is 16.3 Å². The highest BCUT2D eigenvalue weighted by Gasteiger charge is 2.68. The first-order valence-corrected chi connectivity index (χ1v) is 11.2. The largest absolute Gasteiger partial charge is 0.454 e. The highest BCUT2D eigenvalue weighted by Crippen LogP contribution is 2.63. The van der Waals surface area contributed by atoms with Crippen molar-refractivity contribution in [3.8, 4) is 17.6 Å². The Morgan fingerprint density at radius 2 is 2.00 bits per heavy atom. The number of likely N-dealkylation sites (N-methyl/N-ethyl adjacent to an activating group) is 1. The molecule has 9 heteroatoms. The molecule has 156 valence electrons. The summed E-state index contributed by atoms with van der Waals surface area (Å²) in [6, 6.07) is 5.37. The topological polar surface area (TPSA) is 91.7 Å². The van der Waals surface area contributed by atoms with Gasteiger partial charge in [-0.3, -0.25) is 9.59 Å². The minimum absolute atomic E-state index is 0.128. The van der Waals surface area contributed by atoms with E-state index in [1.165, 1.54) is 11.8 Å². The van der Waals surface area contributed by atoms with Gasteiger partial charge in [-0.15, -0.1) is 11.8 Å². The lowest BCUT2D eigenvalue weighted by Gasteiger charge is -2.34. The van der Waals surface area contributed by atoms with Crippen LogP contribution in [0.25, 0.3) is 0 Å². The third kappa shape index (κ3) is 3.08. The fraction of sp³-hybridized carbons (Fsp3) is 0.550. The van der Waals surface area contributed by atoms with Gasteiger partial charge in [0.05, 0.1) is 22.8 Å². The van der Waals surface area contributed by atoms with Crippen molar-refractivity contribution >= 4 is 39.5 Å². The zero-order valence-electron chi connectivity index (χ0n) is 17.0. The predicted octanol–water partition coefficient (Wildman–Crippen LogP) is 3.58. The maximum absolute atomic E-state index is 13.1. The maximum Gasteiger partial charge on any atom is 0.256 e. The number of carbonyl (C=O) groups is 2. The molecule has 0 saturated carbocycles. The molecule has 0 bridgehead atoms. The lowest BCUT2D eigenvalue weighted by atomic mass is 9.79. The van der Waals surface area contributed by atoms with E-state index >= 15 is 0 Å². The molecule has 2 amide bonds. The van der Waals surface area contributed by atoms with Crippen LogP contribution in [0.5, 0.6) is 11.5 Å². The van der Waals surface area contributed by atoms with Crippen LogP contribution in [0.3, 0.4) is 0 Å². The minimum Gasteiger partial charge on any atom is -0.454 e. The van der Waals surface area contributed by atoms with Crippen LogP contribution in [-0.2, 0) is 9.59 Å². The second kappa shape index (κ2) is 7.73. The SMILES string of the molecule is CC.CNC(=O)C12CC(C)(C#N)C(c3cc4c(cc3Br)OCO4)N1C(=O)C(C)S2. The van der Waals surface area contributed by atoms with Crippen molar-refractivity contribution in [2.75, 3.05) is 13.8 Å². The molecule has 3 aliphatic heterocycles. The van der Waals surface area contributed by atoms with Gasteiger partial charge in [-0.25, -0.2) is 0 Å². The molecule has 29 heavy (non-hydrogen) atoms. The van der Waals surface area contributed by atoms with Crippen LogP contribution >= 0.6 is 27.7 Å². The number of nitriles is 1. The monoisotopic (exact) mass is 481 g/mol. The zero-order valence-corrected chi connectivity index (χ0v) is 19.4. The van der Waals surface area contributed by atoms with Gasteiger partial charge in [0.2, 0.25) is 12.7 Å². The highest BCUT2D eigenvalue weighted by atomic mass is 79.9. The normalized spacial score (nSPS) is 31.6. The molecule has 2 fully saturated rings. The molecule has 1 aromatic carbocycles. The van der Waals surface area contributed by atoms with Crippen molar-refractivity contribution in [1.82, 2.24) is 10.2 Å². The fourth-order valence-corrected chi connectivity index (χ4v) is 6.52. The summed E-state index contributed by atoms with van der Waals surface area (Å²) in [5, 5.41) is 12.3. The van der Waals surface area contributed by atoms with Gasteiger partial charge >= 0.3 is 0 Å². The van der Waals surface area contributed by atoms with Gasteiger partial charge in [0, 0.05) is 17.9 Å². The summed E-state index contributed by atoms with van der Waals surface area (Å²) in [5.41, 5.74) is -0.206. The number of nitrogens with one attached hydrogen (secondary N) is 1. The van der Waals surface area contributed by atoms with E-state index in [-0.39, 0.29) is 30.3 Å². The number of halogens is 1. The van der Waals surface area contributed by atoms with Crippen LogP contribution in [-0.4, -0.2) is 40.7 Å². The van der Waals surface area contributed by atoms with Crippen molar-refractivity contribution in [2.45, 2.75) is 50.3 Å². The van der Waals surface area contributed by atoms with Crippen molar-refractivity contribution in [3.05, 3.63) is 22.2 Å². The molecule has 3 aliphatic rings. The third-order valence-electron chi connectivity index (χ3n) is 5.44. The molecule has 0 aromatic heterocycles. The fourth-order valence-electron chi connectivity index (χ4n) is 4.28. The van der Waals surface area contributed by atoms with E-state index in [0.717, 1.165) is 5.56 Å². The van der Waals surface area contributed by atoms with E-state index in [2.05, 4.69) is 27.3 Å². The van der Waals surface area contributed by atoms with Gasteiger partial charge < -0.3 is 19.7 Å². The van der Waals surface area contributed by atoms with Crippen LogP contribution in [0.1, 0.15) is 45.7 Å². The van der Waals surface area contributed by atoms with Crippen LogP contribution in [0.2, 0.25) is 0 Å². The van der Waals surface area contributed by atoms with Crippen LogP contribution in [0.15, 0.2) is 16.6 Å². The average molecular weight is 482 g/mol. The Hall–Kier alpha value is -1.92. The first-order chi connectivity index (χ1) is 13.8. The maximum atomic E-state index is 13.1. The molecule has 4 unspecified atom stereocenters. The number of hydrogen-bond donors (Lipinski definition) is 1. The van der Waals surface area contributed by atoms with Gasteiger partial charge in [-0.2, -0.15) is 5.26 Å². The van der Waals surface area contributed by atoms with Gasteiger partial charge in [0.25, 0.3) is 5.91 Å². The summed E-state index contributed by atoms with van der Waals surface area (Å²) < 4.78 is 11.6. The van der Waals surface area contributed by atoms with Crippen molar-refractivity contribution < 1.29 is 19.1 Å². The minimum atomic E-state index is -1.10. The number of nitrogens with zero attached hydrogens (tertiary/aromatic N) is 2. The molecule has 2 saturated heterocycles. The summed E-state index contributed by atoms with van der Waals surface area (Å²) in [4.78, 5) is 26.5. The number of ether oxygens (including phenoxy) is 2. The number of thioether (sulfide) groups is 1. The summed E-state index contributed by atoms with van der Waals surface area (Å²) in [6.07, 6.45) is 0.252. The Bertz CT molecular complexity index is 904. The lowest BCUT2D eigenvalue weighted by Crippen LogP contribution is -2.51. The standard InChI is InChI=1S/C18H18BrN3O4S.C2H6/c1-9-15(23)22-14(10-4-12-13(5-11(10)19)26-8-25-12)17(2,7-20)6-18(22,27-9)16(24)21-3;1-2/h4-5,9,14H,6,8H2,1-3H3,(H,21,24);1-2H3. The van der Waals surface area contributed by atoms with Crippen LogP contribution in [0, 0.1) is 16.7 Å². The van der Waals surface area contributed by atoms with E-state index in [0.29, 0.717) is 16.0 Å². The second-order valence-corrected chi connectivity index (χ2v) is 9.64. The molecule has 0 aliphatic carbocycles. The van der Waals surface area contributed by atoms with E-state index in [1.807, 2.05) is 13.8 Å². The molecule has 1 aromatic rings. The Morgan fingerprint density at radius 1 is 1.38 bits per heavy atom. The zero-order chi connectivity index (χ0) is 21.6. The molecule has 0 spiro atoms. The van der Waals surface area contributed by atoms with E-state index in [4.69, 9.17) is 9.47 Å². The van der Waals surface area contributed by atoms with Crippen molar-refractivity contribution in [2.24, 2.45) is 5.41 Å².